The number of amides is 3. The van der Waals surface area contributed by atoms with E-state index in [4.69, 9.17) is 30.1 Å². The number of carbonyl (C=O) groups excluding carboxylic acids is 3. The van der Waals surface area contributed by atoms with Crippen molar-refractivity contribution in [1.82, 2.24) is 30.6 Å². The molecule has 3 amide bonds. The Morgan fingerprint density at radius 1 is 0.456 bits per heavy atom. The van der Waals surface area contributed by atoms with Crippen LogP contribution in [0.1, 0.15) is 36.6 Å². The molecular weight excluding hydrogens is 1150 g/mol. The van der Waals surface area contributed by atoms with Gasteiger partial charge >= 0.3 is 34.6 Å². The third kappa shape index (κ3) is 18.2. The summed E-state index contributed by atoms with van der Waals surface area (Å²) in [4.78, 5) is 36.3. The van der Waals surface area contributed by atoms with Crippen LogP contribution in [-0.4, -0.2) is 64.8 Å². The molecule has 0 unspecified atom stereocenters. The molecule has 0 aliphatic carbocycles. The van der Waals surface area contributed by atoms with Crippen LogP contribution in [0.2, 0.25) is 5.02 Å². The van der Waals surface area contributed by atoms with Gasteiger partial charge in [0.15, 0.2) is 0 Å². The van der Waals surface area contributed by atoms with E-state index in [9.17, 15) is 58.3 Å². The Bertz CT molecular complexity index is 3430. The average Bonchev–Trinajstić information content (AvgIpc) is 4.19. The fourth-order valence-corrected chi connectivity index (χ4v) is 7.75. The molecule has 79 heavy (non-hydrogen) atoms. The van der Waals surface area contributed by atoms with Crippen molar-refractivity contribution in [1.29, 1.82) is 5.26 Å². The van der Waals surface area contributed by atoms with Crippen molar-refractivity contribution >= 4 is 82.7 Å². The molecule has 0 aliphatic heterocycles. The Hall–Kier alpha value is -8.72. The van der Waals surface area contributed by atoms with Gasteiger partial charge in [0, 0.05) is 53.1 Å². The molecule has 6 aromatic carbocycles. The van der Waals surface area contributed by atoms with Crippen molar-refractivity contribution in [3.05, 3.63) is 179 Å². The molecule has 0 saturated heterocycles. The largest absolute Gasteiger partial charge is 0.446 e. The highest BCUT2D eigenvalue weighted by Crippen LogP contribution is 2.39. The lowest BCUT2D eigenvalue weighted by Crippen LogP contribution is -2.12. The maximum Gasteiger partial charge on any atom is 0.446 e. The van der Waals surface area contributed by atoms with Gasteiger partial charge in [0.25, 0.3) is 17.7 Å². The number of rotatable bonds is 12. The van der Waals surface area contributed by atoms with E-state index in [1.807, 2.05) is 6.07 Å². The first-order valence-electron chi connectivity index (χ1n) is 21.5. The molecule has 0 spiro atoms. The molecule has 0 atom stereocenters. The normalized spacial score (nSPS) is 11.3. The smallest absolute Gasteiger partial charge is 0.403 e. The Labute approximate surface area is 454 Å². The number of carbonyl (C=O) groups is 3. The van der Waals surface area contributed by atoms with Gasteiger partial charge in [-0.25, -0.2) is 4.39 Å². The first-order chi connectivity index (χ1) is 37.4. The summed E-state index contributed by atoms with van der Waals surface area (Å²) in [5.41, 5.74) is -10.8. The van der Waals surface area contributed by atoms with Gasteiger partial charge in [0.1, 0.15) is 5.82 Å². The quantitative estimate of drug-likeness (QED) is 0.0763. The maximum atomic E-state index is 12.9. The highest BCUT2D eigenvalue weighted by molar-refractivity contribution is 8.00. The van der Waals surface area contributed by atoms with Crippen molar-refractivity contribution in [3.63, 3.8) is 0 Å². The summed E-state index contributed by atoms with van der Waals surface area (Å²) in [5, 5.41) is 39.0. The summed E-state index contributed by atoms with van der Waals surface area (Å²) in [7, 11) is 0. The minimum Gasteiger partial charge on any atom is -0.403 e. The van der Waals surface area contributed by atoms with Gasteiger partial charge in [-0.2, -0.15) is 44.8 Å². The van der Waals surface area contributed by atoms with E-state index in [-0.39, 0.29) is 102 Å². The number of hydrogen-bond acceptors (Lipinski definition) is 16. The second kappa shape index (κ2) is 25.6. The van der Waals surface area contributed by atoms with Crippen LogP contribution in [0, 0.1) is 17.1 Å². The molecule has 0 aliphatic rings. The predicted octanol–water partition coefficient (Wildman–Crippen LogP) is 14.5. The number of nitriles is 1. The number of hydrogen-bond donors (Lipinski definition) is 3. The molecule has 9 rings (SSSR count). The fourth-order valence-electron chi connectivity index (χ4n) is 6.01. The first-order valence-corrected chi connectivity index (χ1v) is 24.3. The minimum absolute atomic E-state index is 0.0168. The number of anilines is 3. The average molecular weight is 1170 g/mol. The molecule has 0 fully saturated rings. The summed E-state index contributed by atoms with van der Waals surface area (Å²) in [6.45, 7) is 0. The van der Waals surface area contributed by atoms with Gasteiger partial charge in [-0.3, -0.25) is 30.3 Å². The SMILES string of the molecule is N#Cc1cccc(-c2nnc(NC(=O)c3ccc(SC(F)(F)F)cc3)o2)c1.O=C(Nc1nnc(-c2ccc(Cl)cc2)o1)c1ccc(SC(F)(F)F)cc1.O=C(Nc1nnc(-c2ccc(F)cc2)o1)c1ccc(SC(F)(F)F)cc1. The molecule has 0 saturated carbocycles. The monoisotopic (exact) mass is 1170 g/mol. The Morgan fingerprint density at radius 2 is 0.785 bits per heavy atom. The molecule has 30 heteroatoms. The molecule has 0 bridgehead atoms. The van der Waals surface area contributed by atoms with Crippen LogP contribution < -0.4 is 16.0 Å². The number of benzene rings is 6. The van der Waals surface area contributed by atoms with E-state index in [0.29, 0.717) is 27.3 Å². The molecule has 0 radical (unpaired) electrons. The third-order valence-electron chi connectivity index (χ3n) is 9.41. The molecule has 9 aromatic rings. The zero-order chi connectivity index (χ0) is 56.9. The minimum atomic E-state index is -4.40. The fraction of sp³-hybridized carbons (Fsp3) is 0.0612. The highest BCUT2D eigenvalue weighted by atomic mass is 35.5. The van der Waals surface area contributed by atoms with Gasteiger partial charge in [0.2, 0.25) is 17.7 Å². The number of halogens is 11. The van der Waals surface area contributed by atoms with Crippen LogP contribution in [0.4, 0.5) is 61.9 Å². The summed E-state index contributed by atoms with van der Waals surface area (Å²) in [6.07, 6.45) is 0. The van der Waals surface area contributed by atoms with Crippen LogP contribution in [0.15, 0.2) is 174 Å². The Kier molecular flexibility index (Phi) is 18.8. The van der Waals surface area contributed by atoms with E-state index in [0.717, 1.165) is 0 Å². The topological polar surface area (TPSA) is 228 Å². The lowest BCUT2D eigenvalue weighted by atomic mass is 10.1. The van der Waals surface area contributed by atoms with Gasteiger partial charge in [-0.15, -0.1) is 15.3 Å². The summed E-state index contributed by atoms with van der Waals surface area (Å²) in [5.74, 6) is -1.86. The summed E-state index contributed by atoms with van der Waals surface area (Å²) < 4.78 is 140. The van der Waals surface area contributed by atoms with Gasteiger partial charge < -0.3 is 13.3 Å². The van der Waals surface area contributed by atoms with Crippen molar-refractivity contribution in [2.24, 2.45) is 0 Å². The molecule has 3 heterocycles. The molecular formula is C49H27ClF10N10O6S3. The molecule has 3 N–H and O–H groups in total. The summed E-state index contributed by atoms with van der Waals surface area (Å²) >= 11 is 5.01. The predicted molar refractivity (Wildman–Crippen MR) is 268 cm³/mol. The van der Waals surface area contributed by atoms with Crippen molar-refractivity contribution in [3.8, 4) is 40.4 Å². The van der Waals surface area contributed by atoms with Crippen LogP contribution >= 0.6 is 46.9 Å². The van der Waals surface area contributed by atoms with E-state index < -0.39 is 40.1 Å². The second-order valence-electron chi connectivity index (χ2n) is 15.0. The zero-order valence-corrected chi connectivity index (χ0v) is 42.0. The Morgan fingerprint density at radius 3 is 1.11 bits per heavy atom. The van der Waals surface area contributed by atoms with Crippen LogP contribution in [0.3, 0.4) is 0 Å². The molecule has 3 aromatic heterocycles. The first kappa shape index (κ1) is 58.0. The molecule has 404 valence electrons. The van der Waals surface area contributed by atoms with Crippen LogP contribution in [0.5, 0.6) is 0 Å². The van der Waals surface area contributed by atoms with Gasteiger partial charge in [-0.1, -0.05) is 33.0 Å². The number of thioether (sulfide) groups is 3. The van der Waals surface area contributed by atoms with E-state index in [1.165, 1.54) is 97.1 Å². The molecule has 16 nitrogen and oxygen atoms in total. The lowest BCUT2D eigenvalue weighted by molar-refractivity contribution is -0.0337. The van der Waals surface area contributed by atoms with Crippen molar-refractivity contribution < 1.29 is 71.5 Å². The second-order valence-corrected chi connectivity index (χ2v) is 18.9. The van der Waals surface area contributed by atoms with E-state index in [2.05, 4.69) is 46.5 Å². The maximum absolute atomic E-state index is 12.9. The van der Waals surface area contributed by atoms with Crippen molar-refractivity contribution in [2.45, 2.75) is 31.2 Å². The zero-order valence-electron chi connectivity index (χ0n) is 38.8. The van der Waals surface area contributed by atoms with Crippen molar-refractivity contribution in [2.75, 3.05) is 16.0 Å². The number of nitrogens with one attached hydrogen (secondary N) is 3. The Balaban J connectivity index is 0.000000172. The van der Waals surface area contributed by atoms with Gasteiger partial charge in [0.05, 0.1) is 11.6 Å². The summed E-state index contributed by atoms with van der Waals surface area (Å²) in [6, 6.07) is 34.7. The van der Waals surface area contributed by atoms with Gasteiger partial charge in [-0.05, 0) is 175 Å². The lowest BCUT2D eigenvalue weighted by Gasteiger charge is -2.06. The van der Waals surface area contributed by atoms with Crippen LogP contribution in [-0.2, 0) is 0 Å². The van der Waals surface area contributed by atoms with E-state index >= 15 is 0 Å². The highest BCUT2D eigenvalue weighted by Gasteiger charge is 2.31. The number of nitrogens with zero attached hydrogens (tertiary/aromatic N) is 7. The standard InChI is InChI=1S/C17H9F3N4O2S.C16H9ClF3N3O2S.C16H9F4N3O2S/c18-17(19,20)27-13-6-4-11(5-7-13)14(25)22-16-24-23-15(26-16)12-3-1-2-10(8-12)9-21;2*17-11-5-1-10(2-6-11)14-22-23-15(25-14)21-13(24)9-3-7-12(8-4-9)26-16(18,19)20/h1-8H,(H,22,24,25);2*1-8H,(H,21,23,24). The third-order valence-corrected chi connectivity index (χ3v) is 11.9. The number of alkyl halides is 9. The number of aromatic nitrogens is 6. The van der Waals surface area contributed by atoms with E-state index in [1.54, 1.807) is 48.5 Å². The van der Waals surface area contributed by atoms with Crippen LogP contribution in [0.25, 0.3) is 34.4 Å².